The topological polar surface area (TPSA) is 0 Å². The lowest BCUT2D eigenvalue weighted by Gasteiger charge is -2.40. The second-order valence-corrected chi connectivity index (χ2v) is 38.9. The van der Waals surface area contributed by atoms with E-state index in [0.29, 0.717) is 0 Å². The molecule has 0 fully saturated rings. The minimum Gasteiger partial charge on any atom is -0.144 e. The maximum atomic E-state index is 2.70. The lowest BCUT2D eigenvalue weighted by atomic mass is 10.4. The standard InChI is InChI=1S/C23H34S2Si4/c1-26(2,3)20-15-18-22(24-20)23-19(16-21(25-23)27(4,5)6)29(18,28(7,8)9)17-13-11-10-12-14-17/h10-16H,1-9H3. The Morgan fingerprint density at radius 1 is 0.621 bits per heavy atom. The third-order valence-corrected chi connectivity index (χ3v) is 31.3. The van der Waals surface area contributed by atoms with Crippen LogP contribution < -0.4 is 24.6 Å². The lowest BCUT2D eigenvalue weighted by Crippen LogP contribution is -2.78. The van der Waals surface area contributed by atoms with Gasteiger partial charge in [-0.3, -0.25) is 0 Å². The van der Waals surface area contributed by atoms with E-state index in [1.165, 1.54) is 0 Å². The van der Waals surface area contributed by atoms with Crippen LogP contribution in [0.25, 0.3) is 9.75 Å². The van der Waals surface area contributed by atoms with Crippen molar-refractivity contribution in [1.82, 2.24) is 0 Å². The summed E-state index contributed by atoms with van der Waals surface area (Å²) in [6, 6.07) is 17.1. The molecule has 29 heavy (non-hydrogen) atoms. The predicted octanol–water partition coefficient (Wildman–Crippen LogP) is 4.77. The van der Waals surface area contributed by atoms with Gasteiger partial charge in [-0.15, -0.1) is 22.7 Å². The van der Waals surface area contributed by atoms with Gasteiger partial charge in [0.15, 0.2) is 0 Å². The molecule has 154 valence electrons. The van der Waals surface area contributed by atoms with Gasteiger partial charge >= 0.3 is 0 Å². The molecule has 3 heterocycles. The Morgan fingerprint density at radius 3 is 1.38 bits per heavy atom. The second-order valence-electron chi connectivity index (χ2n) is 11.6. The van der Waals surface area contributed by atoms with Crippen molar-refractivity contribution in [3.8, 4) is 9.75 Å². The number of hydrogen-bond acceptors (Lipinski definition) is 2. The molecule has 4 rings (SSSR count). The van der Waals surface area contributed by atoms with Crippen molar-refractivity contribution in [2.24, 2.45) is 0 Å². The first-order valence-corrected chi connectivity index (χ1v) is 25.8. The zero-order chi connectivity index (χ0) is 21.4. The molecule has 6 heteroatoms. The molecule has 0 unspecified atom stereocenters. The molecule has 1 aliphatic rings. The summed E-state index contributed by atoms with van der Waals surface area (Å²) in [6.07, 6.45) is 0. The Bertz CT molecular complexity index is 999. The van der Waals surface area contributed by atoms with Crippen molar-refractivity contribution in [2.75, 3.05) is 0 Å². The van der Waals surface area contributed by atoms with Gasteiger partial charge in [-0.25, -0.2) is 0 Å². The number of hydrogen-bond donors (Lipinski definition) is 0. The summed E-state index contributed by atoms with van der Waals surface area (Å²) in [5, 5.41) is 5.20. The van der Waals surface area contributed by atoms with Gasteiger partial charge in [0, 0.05) is 9.75 Å². The van der Waals surface area contributed by atoms with Crippen LogP contribution in [0.5, 0.6) is 0 Å². The van der Waals surface area contributed by atoms with Crippen LogP contribution in [0.3, 0.4) is 0 Å². The van der Waals surface area contributed by atoms with Gasteiger partial charge in [0.2, 0.25) is 0 Å². The molecule has 0 aliphatic carbocycles. The van der Waals surface area contributed by atoms with Crippen LogP contribution in [0.1, 0.15) is 0 Å². The van der Waals surface area contributed by atoms with Gasteiger partial charge in [0.05, 0.1) is 23.7 Å². The zero-order valence-corrected chi connectivity index (χ0v) is 25.0. The van der Waals surface area contributed by atoms with E-state index in [1.807, 2.05) is 0 Å². The average molecular weight is 487 g/mol. The molecule has 1 aliphatic heterocycles. The van der Waals surface area contributed by atoms with Gasteiger partial charge in [0.25, 0.3) is 0 Å². The normalized spacial score (nSPS) is 16.0. The van der Waals surface area contributed by atoms with E-state index in [0.717, 1.165) is 0 Å². The third kappa shape index (κ3) is 3.22. The third-order valence-electron chi connectivity index (χ3n) is 6.29. The summed E-state index contributed by atoms with van der Waals surface area (Å²) >= 11 is 4.31. The smallest absolute Gasteiger partial charge is 0.142 e. The Morgan fingerprint density at radius 2 is 1.03 bits per heavy atom. The number of fused-ring (bicyclic) bond motifs is 3. The Balaban J connectivity index is 2.14. The molecule has 0 radical (unpaired) electrons. The first-order valence-electron chi connectivity index (χ1n) is 10.6. The van der Waals surface area contributed by atoms with Crippen LogP contribution in [0.15, 0.2) is 42.5 Å². The van der Waals surface area contributed by atoms with E-state index in [1.54, 1.807) is 34.3 Å². The van der Waals surface area contributed by atoms with E-state index in [-0.39, 0.29) is 0 Å². The Labute approximate surface area is 188 Å². The summed E-state index contributed by atoms with van der Waals surface area (Å²) in [5.74, 6) is 0. The highest BCUT2D eigenvalue weighted by atomic mass is 32.1. The summed E-state index contributed by atoms with van der Waals surface area (Å²) in [7, 11) is -6.15. The summed E-state index contributed by atoms with van der Waals surface area (Å²) < 4.78 is 3.39. The van der Waals surface area contributed by atoms with E-state index in [9.17, 15) is 0 Å². The summed E-state index contributed by atoms with van der Waals surface area (Å²) in [4.78, 5) is 3.31. The summed E-state index contributed by atoms with van der Waals surface area (Å²) in [6.45, 7) is 23.0. The fourth-order valence-corrected chi connectivity index (χ4v) is 28.1. The van der Waals surface area contributed by atoms with Crippen molar-refractivity contribution in [1.29, 1.82) is 0 Å². The maximum Gasteiger partial charge on any atom is 0.142 e. The van der Waals surface area contributed by atoms with Crippen LogP contribution in [0, 0.1) is 0 Å². The molecule has 3 aromatic rings. The van der Waals surface area contributed by atoms with Crippen LogP contribution in [0.4, 0.5) is 0 Å². The van der Waals surface area contributed by atoms with Crippen molar-refractivity contribution in [2.45, 2.75) is 58.9 Å². The average Bonchev–Trinajstić information content (AvgIpc) is 3.23. The molecule has 0 saturated carbocycles. The Kier molecular flexibility index (Phi) is 5.05. The molecular formula is C23H34S2Si4. The minimum atomic E-state index is -1.96. The molecule has 1 aromatic carbocycles. The predicted molar refractivity (Wildman–Crippen MR) is 148 cm³/mol. The quantitative estimate of drug-likeness (QED) is 0.466. The first-order chi connectivity index (χ1) is 13.3. The lowest BCUT2D eigenvalue weighted by molar-refractivity contribution is 1.73. The van der Waals surface area contributed by atoms with E-state index in [4.69, 9.17) is 0 Å². The highest BCUT2D eigenvalue weighted by molar-refractivity contribution is 7.59. The molecule has 0 nitrogen and oxygen atoms in total. The minimum absolute atomic E-state index is 1.33. The van der Waals surface area contributed by atoms with E-state index < -0.39 is 31.3 Å². The summed E-state index contributed by atoms with van der Waals surface area (Å²) in [5.41, 5.74) is 0. The molecular weight excluding hydrogens is 453 g/mol. The maximum absolute atomic E-state index is 2.70. The van der Waals surface area contributed by atoms with Gasteiger partial charge in [0.1, 0.15) is 7.59 Å². The molecule has 0 bridgehead atoms. The molecule has 0 spiro atoms. The molecule has 0 amide bonds. The van der Waals surface area contributed by atoms with E-state index in [2.05, 4.69) is 124 Å². The van der Waals surface area contributed by atoms with Gasteiger partial charge in [-0.1, -0.05) is 107 Å². The highest BCUT2D eigenvalue weighted by Gasteiger charge is 2.57. The second kappa shape index (κ2) is 6.74. The van der Waals surface area contributed by atoms with E-state index >= 15 is 0 Å². The fourth-order valence-electron chi connectivity index (χ4n) is 4.80. The number of benzene rings is 1. The number of thiophene rings is 2. The van der Waals surface area contributed by atoms with Crippen molar-refractivity contribution >= 4 is 78.6 Å². The van der Waals surface area contributed by atoms with Gasteiger partial charge in [-0.2, -0.15) is 0 Å². The molecule has 0 saturated heterocycles. The fraction of sp³-hybridized carbons (Fsp3) is 0.391. The van der Waals surface area contributed by atoms with Gasteiger partial charge in [-0.05, 0) is 19.4 Å². The van der Waals surface area contributed by atoms with Crippen molar-refractivity contribution < 1.29 is 0 Å². The largest absolute Gasteiger partial charge is 0.144 e. The molecule has 2 aromatic heterocycles. The SMILES string of the molecule is C[Si](C)(C)c1cc2c(s1)-c1sc([Si](C)(C)C)cc1[Si]2(c1ccccc1)[Si](C)(C)C. The van der Waals surface area contributed by atoms with Crippen LogP contribution in [0.2, 0.25) is 58.9 Å². The number of rotatable bonds is 4. The van der Waals surface area contributed by atoms with Crippen molar-refractivity contribution in [3.63, 3.8) is 0 Å². The van der Waals surface area contributed by atoms with Gasteiger partial charge < -0.3 is 0 Å². The Hall–Kier alpha value is -0.512. The van der Waals surface area contributed by atoms with Crippen LogP contribution >= 0.6 is 22.7 Å². The first kappa shape index (κ1) is 21.7. The van der Waals surface area contributed by atoms with Crippen molar-refractivity contribution in [3.05, 3.63) is 42.5 Å². The van der Waals surface area contributed by atoms with Crippen LogP contribution in [-0.4, -0.2) is 31.3 Å². The monoisotopic (exact) mass is 486 g/mol. The van der Waals surface area contributed by atoms with Crippen LogP contribution in [-0.2, 0) is 0 Å². The molecule has 0 atom stereocenters. The zero-order valence-electron chi connectivity index (χ0n) is 19.4. The highest BCUT2D eigenvalue weighted by Crippen LogP contribution is 2.39. The molecule has 0 N–H and O–H groups in total.